The first-order valence-corrected chi connectivity index (χ1v) is 13.4. The van der Waals surface area contributed by atoms with E-state index in [9.17, 15) is 13.2 Å². The molecule has 2 aliphatic carbocycles. The Morgan fingerprint density at radius 2 is 1.86 bits per heavy atom. The van der Waals surface area contributed by atoms with Crippen molar-refractivity contribution in [3.05, 3.63) is 93.6 Å². The fourth-order valence-corrected chi connectivity index (χ4v) is 5.23. The lowest BCUT2D eigenvalue weighted by Crippen LogP contribution is -2.37. The fraction of sp³-hybridized carbons (Fsp3) is 0.296. The third-order valence-corrected chi connectivity index (χ3v) is 7.05. The number of unbranched alkanes of at least 4 members (excludes halogenated alkanes) is 3. The van der Waals surface area contributed by atoms with Crippen LogP contribution in [0.3, 0.4) is 0 Å². The molecule has 0 saturated heterocycles. The molecular formula is C27H28ClNO5S. The van der Waals surface area contributed by atoms with E-state index in [1.165, 1.54) is 5.57 Å². The van der Waals surface area contributed by atoms with Crippen molar-refractivity contribution in [3.63, 3.8) is 0 Å². The Morgan fingerprint density at radius 1 is 1.06 bits per heavy atom. The number of ketones is 1. The number of allylic oxidation sites excluding steroid dienone is 2. The van der Waals surface area contributed by atoms with Crippen molar-refractivity contribution in [2.75, 3.05) is 18.6 Å². The minimum atomic E-state index is -4.21. The lowest BCUT2D eigenvalue weighted by atomic mass is 9.74. The van der Waals surface area contributed by atoms with Crippen LogP contribution in [0.25, 0.3) is 5.57 Å². The number of carbonyl (C=O) groups excluding carboxylic acids is 1. The quantitative estimate of drug-likeness (QED) is 0.320. The molecule has 1 heterocycles. The van der Waals surface area contributed by atoms with Gasteiger partial charge in [0.2, 0.25) is 0 Å². The van der Waals surface area contributed by atoms with Gasteiger partial charge in [0.25, 0.3) is 0 Å². The van der Waals surface area contributed by atoms with Crippen molar-refractivity contribution < 1.29 is 21.9 Å². The van der Waals surface area contributed by atoms with Gasteiger partial charge in [-0.3, -0.25) is 9.35 Å². The Kier molecular flexibility index (Phi) is 7.62. The van der Waals surface area contributed by atoms with Crippen molar-refractivity contribution in [3.8, 4) is 0 Å². The number of hydrogen-bond donors (Lipinski definition) is 1. The molecule has 3 aliphatic rings. The molecule has 1 aliphatic heterocycles. The second-order valence-electron chi connectivity index (χ2n) is 8.66. The Balaban J connectivity index is 0.000000225. The molecule has 5 rings (SSSR count). The molecule has 1 N–H and O–H groups in total. The lowest BCUT2D eigenvalue weighted by molar-refractivity contribution is 0.103. The fourth-order valence-electron chi connectivity index (χ4n) is 4.73. The molecule has 0 saturated carbocycles. The van der Waals surface area contributed by atoms with Gasteiger partial charge in [-0.1, -0.05) is 80.3 Å². The minimum Gasteiger partial charge on any atom is -0.364 e. The van der Waals surface area contributed by atoms with E-state index in [0.29, 0.717) is 17.0 Å². The number of likely N-dealkylation sites (N-methyl/N-ethyl adjacent to an activating group) is 1. The van der Waals surface area contributed by atoms with Crippen molar-refractivity contribution in [2.45, 2.75) is 38.6 Å². The first kappa shape index (κ1) is 25.4. The highest BCUT2D eigenvalue weighted by Crippen LogP contribution is 2.48. The molecule has 2 aromatic carbocycles. The van der Waals surface area contributed by atoms with Gasteiger partial charge in [-0.25, -0.2) is 4.18 Å². The molecule has 6 nitrogen and oxygen atoms in total. The number of rotatable bonds is 6. The Morgan fingerprint density at radius 3 is 2.60 bits per heavy atom. The predicted molar refractivity (Wildman–Crippen MR) is 139 cm³/mol. The van der Waals surface area contributed by atoms with Crippen molar-refractivity contribution >= 4 is 39.0 Å². The summed E-state index contributed by atoms with van der Waals surface area (Å²) in [7, 11) is -2.13. The highest BCUT2D eigenvalue weighted by molar-refractivity contribution is 7.80. The van der Waals surface area contributed by atoms with Crippen LogP contribution in [0.1, 0.15) is 59.7 Å². The molecule has 1 atom stereocenters. The van der Waals surface area contributed by atoms with Gasteiger partial charge >= 0.3 is 10.4 Å². The van der Waals surface area contributed by atoms with Crippen molar-refractivity contribution in [2.24, 2.45) is 0 Å². The summed E-state index contributed by atoms with van der Waals surface area (Å²) < 4.78 is 32.2. The number of carbonyl (C=O) groups is 1. The zero-order chi connectivity index (χ0) is 25.2. The van der Waals surface area contributed by atoms with Crippen molar-refractivity contribution in [1.82, 2.24) is 0 Å². The molecule has 8 heteroatoms. The number of hydrogen-bond acceptors (Lipinski definition) is 5. The molecule has 0 fully saturated rings. The zero-order valence-corrected chi connectivity index (χ0v) is 21.3. The van der Waals surface area contributed by atoms with Crippen LogP contribution in [-0.2, 0) is 14.6 Å². The van der Waals surface area contributed by atoms with Crippen LogP contribution >= 0.6 is 11.6 Å². The summed E-state index contributed by atoms with van der Waals surface area (Å²) >= 11 is 6.16. The summed E-state index contributed by atoms with van der Waals surface area (Å²) in [6.45, 7) is 2.14. The van der Waals surface area contributed by atoms with E-state index in [4.69, 9.17) is 16.2 Å². The Bertz CT molecular complexity index is 1340. The molecule has 2 aromatic rings. The summed E-state index contributed by atoms with van der Waals surface area (Å²) in [6, 6.07) is 11.8. The number of fused-ring (bicyclic) bond motifs is 3. The molecular weight excluding hydrogens is 486 g/mol. The van der Waals surface area contributed by atoms with Crippen LogP contribution < -0.4 is 4.90 Å². The van der Waals surface area contributed by atoms with Gasteiger partial charge in [0, 0.05) is 34.4 Å². The molecule has 0 bridgehead atoms. The van der Waals surface area contributed by atoms with E-state index >= 15 is 0 Å². The number of nitrogens with zero attached hydrogens (tertiary/aromatic N) is 1. The minimum absolute atomic E-state index is 0.0517. The Labute approximate surface area is 211 Å². The number of anilines is 1. The van der Waals surface area contributed by atoms with Gasteiger partial charge in [0.1, 0.15) is 0 Å². The summed E-state index contributed by atoms with van der Waals surface area (Å²) in [5, 5.41) is 0.593. The largest absolute Gasteiger partial charge is 0.397 e. The summed E-state index contributed by atoms with van der Waals surface area (Å²) in [5.41, 5.74) is 6.99. The molecule has 1 unspecified atom stereocenters. The Hall–Kier alpha value is -2.71. The van der Waals surface area contributed by atoms with Gasteiger partial charge in [-0.15, -0.1) is 0 Å². The first-order valence-electron chi connectivity index (χ1n) is 11.6. The number of benzene rings is 2. The predicted octanol–water partition coefficient (Wildman–Crippen LogP) is 6.02. The molecule has 184 valence electrons. The molecule has 0 spiro atoms. The van der Waals surface area contributed by atoms with Crippen LogP contribution in [0, 0.1) is 0 Å². The van der Waals surface area contributed by atoms with Crippen LogP contribution in [0.4, 0.5) is 5.69 Å². The van der Waals surface area contributed by atoms with Crippen LogP contribution in [0.2, 0.25) is 5.02 Å². The summed E-state index contributed by atoms with van der Waals surface area (Å²) in [6.07, 6.45) is 12.3. The molecule has 0 amide bonds. The standard InChI is InChI=1S/C21H14ClNO.C6H14O4S/c1-23-17-7-3-2-5-14(17)19-13-10-9-12(22)11-16(13)21(24)15-6-4-8-18(23)20(15)19;1-2-3-4-5-6-10-11(7,8)9/h2-11,17H,1H3;2-6H2,1H3,(H,7,8,9). The maximum absolute atomic E-state index is 13.0. The maximum atomic E-state index is 13.0. The van der Waals surface area contributed by atoms with Crippen LogP contribution in [0.15, 0.2) is 66.3 Å². The topological polar surface area (TPSA) is 83.9 Å². The molecule has 0 radical (unpaired) electrons. The van der Waals surface area contributed by atoms with E-state index in [0.717, 1.165) is 47.2 Å². The number of halogens is 1. The van der Waals surface area contributed by atoms with Gasteiger partial charge in [-0.05, 0) is 41.3 Å². The van der Waals surface area contributed by atoms with Crippen LogP contribution in [-0.4, -0.2) is 38.5 Å². The second-order valence-corrected chi connectivity index (χ2v) is 10.2. The van der Waals surface area contributed by atoms with E-state index < -0.39 is 10.4 Å². The normalized spacial score (nSPS) is 17.4. The van der Waals surface area contributed by atoms with E-state index in [1.54, 1.807) is 6.07 Å². The average Bonchev–Trinajstić information content (AvgIpc) is 2.83. The van der Waals surface area contributed by atoms with E-state index in [1.807, 2.05) is 24.3 Å². The second kappa shape index (κ2) is 10.5. The van der Waals surface area contributed by atoms with Gasteiger partial charge in [0.15, 0.2) is 5.78 Å². The third-order valence-electron chi connectivity index (χ3n) is 6.35. The maximum Gasteiger partial charge on any atom is 0.397 e. The highest BCUT2D eigenvalue weighted by Gasteiger charge is 2.37. The smallest absolute Gasteiger partial charge is 0.364 e. The van der Waals surface area contributed by atoms with E-state index in [2.05, 4.69) is 53.4 Å². The van der Waals surface area contributed by atoms with Crippen LogP contribution in [0.5, 0.6) is 0 Å². The molecule has 0 aromatic heterocycles. The van der Waals surface area contributed by atoms with Gasteiger partial charge in [0.05, 0.1) is 12.6 Å². The SMILES string of the molecule is CCCCCCOS(=O)(=O)O.CN1c2cccc3c2C(=C2C=CC=CC21)c1ccc(Cl)cc1C3=O. The van der Waals surface area contributed by atoms with Gasteiger partial charge < -0.3 is 4.90 Å². The first-order chi connectivity index (χ1) is 16.7. The van der Waals surface area contributed by atoms with E-state index in [-0.39, 0.29) is 18.4 Å². The third kappa shape index (κ3) is 5.28. The highest BCUT2D eigenvalue weighted by atomic mass is 35.5. The summed E-state index contributed by atoms with van der Waals surface area (Å²) in [5.74, 6) is 0.0517. The zero-order valence-electron chi connectivity index (χ0n) is 19.7. The van der Waals surface area contributed by atoms with Crippen molar-refractivity contribution in [1.29, 1.82) is 0 Å². The lowest BCUT2D eigenvalue weighted by Gasteiger charge is -2.40. The molecule has 35 heavy (non-hydrogen) atoms. The monoisotopic (exact) mass is 513 g/mol. The van der Waals surface area contributed by atoms with Gasteiger partial charge in [-0.2, -0.15) is 8.42 Å². The summed E-state index contributed by atoms with van der Waals surface area (Å²) in [4.78, 5) is 15.3. The average molecular weight is 514 g/mol.